The van der Waals surface area contributed by atoms with E-state index < -0.39 is 5.97 Å². The van der Waals surface area contributed by atoms with Gasteiger partial charge in [0.05, 0.1) is 17.9 Å². The number of hydrazone groups is 1. The smallest absolute Gasteiger partial charge is 0.354 e. The highest BCUT2D eigenvalue weighted by molar-refractivity contribution is 6.28. The van der Waals surface area contributed by atoms with E-state index in [9.17, 15) is 9.59 Å². The molecule has 1 aromatic rings. The Morgan fingerprint density at radius 3 is 3.00 bits per heavy atom. The molecule has 1 aromatic heterocycles. The summed E-state index contributed by atoms with van der Waals surface area (Å²) in [6.45, 7) is 2.08. The average Bonchev–Trinajstić information content (AvgIpc) is 3.05. The van der Waals surface area contributed by atoms with Gasteiger partial charge in [-0.15, -0.1) is 0 Å². The van der Waals surface area contributed by atoms with Crippen LogP contribution in [0.4, 0.5) is 0 Å². The van der Waals surface area contributed by atoms with E-state index in [0.29, 0.717) is 29.5 Å². The van der Waals surface area contributed by atoms with Crippen LogP contribution in [0.25, 0.3) is 6.08 Å². The normalized spacial score (nSPS) is 19.9. The summed E-state index contributed by atoms with van der Waals surface area (Å²) in [5.41, 5.74) is 4.95. The van der Waals surface area contributed by atoms with Gasteiger partial charge in [-0.3, -0.25) is 4.79 Å². The van der Waals surface area contributed by atoms with Crippen LogP contribution in [0.2, 0.25) is 0 Å². The maximum atomic E-state index is 11.8. The van der Waals surface area contributed by atoms with E-state index in [2.05, 4.69) is 15.5 Å². The lowest BCUT2D eigenvalue weighted by atomic mass is 10.1. The fourth-order valence-electron chi connectivity index (χ4n) is 2.13. The van der Waals surface area contributed by atoms with Gasteiger partial charge in [0.2, 0.25) is 0 Å². The van der Waals surface area contributed by atoms with Gasteiger partial charge in [-0.25, -0.2) is 10.2 Å². The number of aromatic nitrogens is 1. The molecule has 0 aromatic carbocycles. The van der Waals surface area contributed by atoms with Crippen molar-refractivity contribution in [3.63, 3.8) is 0 Å². The van der Waals surface area contributed by atoms with Crippen LogP contribution in [0.15, 0.2) is 22.8 Å². The van der Waals surface area contributed by atoms with Crippen molar-refractivity contribution in [2.24, 2.45) is 11.0 Å². The van der Waals surface area contributed by atoms with Gasteiger partial charge >= 0.3 is 5.97 Å². The molecule has 20 heavy (non-hydrogen) atoms. The number of carbonyl (C=O) groups excluding carboxylic acids is 2. The quantitative estimate of drug-likeness (QED) is 0.643. The van der Waals surface area contributed by atoms with Crippen LogP contribution in [0.1, 0.15) is 35.9 Å². The molecule has 3 rings (SSSR count). The number of ether oxygens (including phenoxy) is 1. The monoisotopic (exact) mass is 273 g/mol. The van der Waals surface area contributed by atoms with Crippen LogP contribution in [0.3, 0.4) is 0 Å². The molecule has 0 unspecified atom stereocenters. The first-order valence-electron chi connectivity index (χ1n) is 6.65. The van der Waals surface area contributed by atoms with Crippen LogP contribution < -0.4 is 5.43 Å². The van der Waals surface area contributed by atoms with Gasteiger partial charge in [-0.2, -0.15) is 5.10 Å². The fraction of sp³-hybridized carbons (Fsp3) is 0.357. The minimum atomic E-state index is -0.399. The van der Waals surface area contributed by atoms with Crippen molar-refractivity contribution >= 4 is 23.7 Å². The van der Waals surface area contributed by atoms with Gasteiger partial charge < -0.3 is 9.72 Å². The number of amides is 1. The molecule has 1 saturated carbocycles. The standard InChI is InChI=1S/C14H15N3O3/c1-2-20-14(19)11-6-5-9(15-11)7-10-12(8-3-4-8)16-17-13(10)18/h5-8,15H,2-4H2,1H3,(H,17,18). The average molecular weight is 273 g/mol. The van der Waals surface area contributed by atoms with Crippen LogP contribution in [0.5, 0.6) is 0 Å². The summed E-state index contributed by atoms with van der Waals surface area (Å²) in [5.74, 6) is -0.206. The third-order valence-corrected chi connectivity index (χ3v) is 3.27. The molecule has 1 aliphatic heterocycles. The summed E-state index contributed by atoms with van der Waals surface area (Å²) < 4.78 is 4.91. The Bertz CT molecular complexity index is 623. The Labute approximate surface area is 115 Å². The van der Waals surface area contributed by atoms with E-state index in [1.54, 1.807) is 25.1 Å². The van der Waals surface area contributed by atoms with Crippen molar-refractivity contribution in [2.75, 3.05) is 6.61 Å². The van der Waals surface area contributed by atoms with Gasteiger partial charge in [-0.1, -0.05) is 0 Å². The first-order valence-corrected chi connectivity index (χ1v) is 6.65. The summed E-state index contributed by atoms with van der Waals surface area (Å²) >= 11 is 0. The maximum absolute atomic E-state index is 11.8. The van der Waals surface area contributed by atoms with E-state index >= 15 is 0 Å². The summed E-state index contributed by atoms with van der Waals surface area (Å²) in [4.78, 5) is 26.3. The van der Waals surface area contributed by atoms with E-state index in [0.717, 1.165) is 18.6 Å². The molecule has 1 aliphatic carbocycles. The summed E-state index contributed by atoms with van der Waals surface area (Å²) in [7, 11) is 0. The second-order valence-corrected chi connectivity index (χ2v) is 4.82. The Morgan fingerprint density at radius 2 is 2.30 bits per heavy atom. The van der Waals surface area contributed by atoms with Gasteiger partial charge in [0.25, 0.3) is 5.91 Å². The number of carbonyl (C=O) groups is 2. The van der Waals surface area contributed by atoms with Gasteiger partial charge in [-0.05, 0) is 38.0 Å². The third-order valence-electron chi connectivity index (χ3n) is 3.27. The van der Waals surface area contributed by atoms with Gasteiger partial charge in [0.15, 0.2) is 0 Å². The van der Waals surface area contributed by atoms with E-state index in [1.165, 1.54) is 0 Å². The van der Waals surface area contributed by atoms with Crippen molar-refractivity contribution < 1.29 is 14.3 Å². The van der Waals surface area contributed by atoms with Crippen molar-refractivity contribution in [1.29, 1.82) is 0 Å². The third kappa shape index (κ3) is 2.36. The van der Waals surface area contributed by atoms with Crippen molar-refractivity contribution in [2.45, 2.75) is 19.8 Å². The van der Waals surface area contributed by atoms with Crippen molar-refractivity contribution in [1.82, 2.24) is 10.4 Å². The first kappa shape index (κ1) is 12.7. The molecular weight excluding hydrogens is 258 g/mol. The van der Waals surface area contributed by atoms with Crippen LogP contribution in [-0.2, 0) is 9.53 Å². The van der Waals surface area contributed by atoms with Crippen molar-refractivity contribution in [3.8, 4) is 0 Å². The molecule has 104 valence electrons. The molecule has 0 bridgehead atoms. The zero-order valence-electron chi connectivity index (χ0n) is 11.1. The number of H-pyrrole nitrogens is 1. The molecule has 0 atom stereocenters. The highest BCUT2D eigenvalue weighted by atomic mass is 16.5. The number of nitrogens with zero attached hydrogens (tertiary/aromatic N) is 1. The zero-order chi connectivity index (χ0) is 14.1. The number of nitrogens with one attached hydrogen (secondary N) is 2. The number of hydrogen-bond donors (Lipinski definition) is 2. The molecule has 0 spiro atoms. The van der Waals surface area contributed by atoms with Crippen LogP contribution in [0, 0.1) is 5.92 Å². The molecule has 2 heterocycles. The predicted octanol–water partition coefficient (Wildman–Crippen LogP) is 1.47. The SMILES string of the molecule is CCOC(=O)c1ccc(C=C2C(=O)NN=C2C2CC2)[nH]1. The van der Waals surface area contributed by atoms with Crippen molar-refractivity contribution in [3.05, 3.63) is 29.1 Å². The Hall–Kier alpha value is -2.37. The molecule has 0 saturated heterocycles. The Morgan fingerprint density at radius 1 is 1.50 bits per heavy atom. The number of esters is 1. The fourth-order valence-corrected chi connectivity index (χ4v) is 2.13. The molecule has 2 aliphatic rings. The summed E-state index contributed by atoms with van der Waals surface area (Å²) in [6, 6.07) is 3.39. The van der Waals surface area contributed by atoms with Crippen LogP contribution >= 0.6 is 0 Å². The Balaban J connectivity index is 1.82. The Kier molecular flexibility index (Phi) is 3.14. The molecule has 6 nitrogen and oxygen atoms in total. The van der Waals surface area contributed by atoms with Gasteiger partial charge in [0, 0.05) is 11.6 Å². The zero-order valence-corrected chi connectivity index (χ0v) is 11.1. The second kappa shape index (κ2) is 4.96. The molecule has 6 heteroatoms. The highest BCUT2D eigenvalue weighted by Gasteiger charge is 2.35. The number of hydrogen-bond acceptors (Lipinski definition) is 4. The molecule has 2 N–H and O–H groups in total. The number of aromatic amines is 1. The summed E-state index contributed by atoms with van der Waals surface area (Å²) in [6.07, 6.45) is 3.87. The topological polar surface area (TPSA) is 83.6 Å². The maximum Gasteiger partial charge on any atom is 0.354 e. The van der Waals surface area contributed by atoms with Crippen LogP contribution in [-0.4, -0.2) is 29.2 Å². The summed E-state index contributed by atoms with van der Waals surface area (Å²) in [5, 5.41) is 4.07. The highest BCUT2D eigenvalue weighted by Crippen LogP contribution is 2.35. The predicted molar refractivity (Wildman–Crippen MR) is 73.0 cm³/mol. The lowest BCUT2D eigenvalue weighted by Gasteiger charge is -1.99. The molecule has 0 radical (unpaired) electrons. The lowest BCUT2D eigenvalue weighted by molar-refractivity contribution is -0.116. The first-order chi connectivity index (χ1) is 9.69. The largest absolute Gasteiger partial charge is 0.461 e. The molecule has 1 fully saturated rings. The number of rotatable bonds is 4. The second-order valence-electron chi connectivity index (χ2n) is 4.82. The minimum absolute atomic E-state index is 0.195. The van der Waals surface area contributed by atoms with Gasteiger partial charge in [0.1, 0.15) is 5.69 Å². The van der Waals surface area contributed by atoms with E-state index in [-0.39, 0.29) is 5.91 Å². The molecular formula is C14H15N3O3. The molecule has 1 amide bonds. The van der Waals surface area contributed by atoms with E-state index in [4.69, 9.17) is 4.74 Å². The van der Waals surface area contributed by atoms with E-state index in [1.807, 2.05) is 0 Å². The minimum Gasteiger partial charge on any atom is -0.461 e. The lowest BCUT2D eigenvalue weighted by Crippen LogP contribution is -2.13.